The van der Waals surface area contributed by atoms with E-state index in [4.69, 9.17) is 9.47 Å². The molecule has 0 bridgehead atoms. The van der Waals surface area contributed by atoms with E-state index in [0.717, 1.165) is 11.3 Å². The average Bonchev–Trinajstić information content (AvgIpc) is 2.27. The molecule has 0 amide bonds. The molecule has 1 aromatic rings. The summed E-state index contributed by atoms with van der Waals surface area (Å²) in [6.07, 6.45) is 0.641. The van der Waals surface area contributed by atoms with Crippen molar-refractivity contribution in [2.24, 2.45) is 5.92 Å². The first-order chi connectivity index (χ1) is 8.20. The topological polar surface area (TPSA) is 55.8 Å². The molecule has 17 heavy (non-hydrogen) atoms. The van der Waals surface area contributed by atoms with Gasteiger partial charge in [0.05, 0.1) is 26.2 Å². The summed E-state index contributed by atoms with van der Waals surface area (Å²) < 4.78 is 10.1. The molecule has 1 N–H and O–H groups in total. The van der Waals surface area contributed by atoms with Gasteiger partial charge in [0.1, 0.15) is 5.75 Å². The van der Waals surface area contributed by atoms with Crippen LogP contribution in [-0.4, -0.2) is 31.4 Å². The zero-order valence-corrected chi connectivity index (χ0v) is 9.76. The average molecular weight is 236 g/mol. The maximum atomic E-state index is 11.3. The lowest BCUT2D eigenvalue weighted by molar-refractivity contribution is -0.140. The Morgan fingerprint density at radius 3 is 2.53 bits per heavy atom. The third-order valence-electron chi connectivity index (χ3n) is 3.09. The molecule has 4 heteroatoms. The van der Waals surface area contributed by atoms with Crippen LogP contribution < -0.4 is 4.74 Å². The van der Waals surface area contributed by atoms with Crippen LogP contribution in [0.1, 0.15) is 17.9 Å². The zero-order chi connectivity index (χ0) is 12.3. The van der Waals surface area contributed by atoms with Gasteiger partial charge in [-0.3, -0.25) is 4.79 Å². The van der Waals surface area contributed by atoms with E-state index in [0.29, 0.717) is 25.6 Å². The minimum absolute atomic E-state index is 0.373. The van der Waals surface area contributed by atoms with E-state index in [1.165, 1.54) is 0 Å². The molecule has 1 aromatic carbocycles. The van der Waals surface area contributed by atoms with Crippen molar-refractivity contribution < 1.29 is 19.4 Å². The van der Waals surface area contributed by atoms with E-state index in [-0.39, 0.29) is 0 Å². The summed E-state index contributed by atoms with van der Waals surface area (Å²) in [6, 6.07) is 7.22. The summed E-state index contributed by atoms with van der Waals surface area (Å²) in [4.78, 5) is 11.3. The molecule has 1 heterocycles. The van der Waals surface area contributed by atoms with E-state index >= 15 is 0 Å². The highest BCUT2D eigenvalue weighted by Crippen LogP contribution is 2.29. The van der Waals surface area contributed by atoms with Gasteiger partial charge in [-0.15, -0.1) is 0 Å². The standard InChI is InChI=1S/C13H16O4/c1-16-11-4-2-10(3-5-11)12(13(14)15)6-9-7-17-8-9/h2-5,9,12H,6-8H2,1H3,(H,14,15). The van der Waals surface area contributed by atoms with Crippen LogP contribution in [0.5, 0.6) is 5.75 Å². The fourth-order valence-electron chi connectivity index (χ4n) is 1.97. The number of benzene rings is 1. The Morgan fingerprint density at radius 1 is 1.47 bits per heavy atom. The molecule has 0 aromatic heterocycles. The molecular weight excluding hydrogens is 220 g/mol. The largest absolute Gasteiger partial charge is 0.497 e. The number of hydrogen-bond acceptors (Lipinski definition) is 3. The lowest BCUT2D eigenvalue weighted by atomic mass is 9.88. The molecule has 0 radical (unpaired) electrons. The van der Waals surface area contributed by atoms with Crippen molar-refractivity contribution >= 4 is 5.97 Å². The minimum Gasteiger partial charge on any atom is -0.497 e. The predicted molar refractivity (Wildman–Crippen MR) is 62.3 cm³/mol. The number of methoxy groups -OCH3 is 1. The fraction of sp³-hybridized carbons (Fsp3) is 0.462. The van der Waals surface area contributed by atoms with Gasteiger partial charge in [-0.1, -0.05) is 12.1 Å². The molecule has 2 rings (SSSR count). The van der Waals surface area contributed by atoms with E-state index in [9.17, 15) is 9.90 Å². The van der Waals surface area contributed by atoms with Crippen LogP contribution in [-0.2, 0) is 9.53 Å². The minimum atomic E-state index is -0.776. The lowest BCUT2D eigenvalue weighted by Gasteiger charge is -2.28. The maximum Gasteiger partial charge on any atom is 0.310 e. The molecule has 1 aliphatic rings. The summed E-state index contributed by atoms with van der Waals surface area (Å²) in [5.74, 6) is -0.111. The van der Waals surface area contributed by atoms with Crippen LogP contribution in [0.4, 0.5) is 0 Å². The van der Waals surface area contributed by atoms with E-state index < -0.39 is 11.9 Å². The lowest BCUT2D eigenvalue weighted by Crippen LogP contribution is -2.30. The SMILES string of the molecule is COc1ccc(C(CC2COC2)C(=O)O)cc1. The highest BCUT2D eigenvalue weighted by atomic mass is 16.5. The van der Waals surface area contributed by atoms with Gasteiger partial charge < -0.3 is 14.6 Å². The third-order valence-corrected chi connectivity index (χ3v) is 3.09. The van der Waals surface area contributed by atoms with Crippen LogP contribution in [0.2, 0.25) is 0 Å². The normalized spacial score (nSPS) is 17.2. The Hall–Kier alpha value is -1.55. The first-order valence-corrected chi connectivity index (χ1v) is 5.65. The molecule has 0 aliphatic carbocycles. The van der Waals surface area contributed by atoms with Gasteiger partial charge >= 0.3 is 5.97 Å². The van der Waals surface area contributed by atoms with Gasteiger partial charge in [-0.25, -0.2) is 0 Å². The van der Waals surface area contributed by atoms with E-state index in [1.807, 2.05) is 12.1 Å². The molecule has 0 saturated carbocycles. The number of ether oxygens (including phenoxy) is 2. The smallest absolute Gasteiger partial charge is 0.310 e. The quantitative estimate of drug-likeness (QED) is 0.848. The zero-order valence-electron chi connectivity index (χ0n) is 9.76. The van der Waals surface area contributed by atoms with Crippen LogP contribution in [0, 0.1) is 5.92 Å². The third kappa shape index (κ3) is 2.77. The summed E-state index contributed by atoms with van der Waals surface area (Å²) in [5, 5.41) is 9.25. The Labute approximate surface area is 100 Å². The monoisotopic (exact) mass is 236 g/mol. The van der Waals surface area contributed by atoms with Gasteiger partial charge in [0.25, 0.3) is 0 Å². The number of rotatable bonds is 5. The first-order valence-electron chi connectivity index (χ1n) is 5.65. The van der Waals surface area contributed by atoms with Gasteiger partial charge in [0.2, 0.25) is 0 Å². The summed E-state index contributed by atoms with van der Waals surface area (Å²) in [6.45, 7) is 1.36. The molecule has 92 valence electrons. The number of carbonyl (C=O) groups is 1. The van der Waals surface area contributed by atoms with Crippen LogP contribution >= 0.6 is 0 Å². The van der Waals surface area contributed by atoms with Crippen molar-refractivity contribution in [1.29, 1.82) is 0 Å². The van der Waals surface area contributed by atoms with Crippen molar-refractivity contribution in [2.75, 3.05) is 20.3 Å². The molecule has 1 aliphatic heterocycles. The Bertz CT molecular complexity index is 381. The maximum absolute atomic E-state index is 11.3. The van der Waals surface area contributed by atoms with E-state index in [1.54, 1.807) is 19.2 Å². The predicted octanol–water partition coefficient (Wildman–Crippen LogP) is 1.90. The van der Waals surface area contributed by atoms with Crippen molar-refractivity contribution in [3.05, 3.63) is 29.8 Å². The van der Waals surface area contributed by atoms with Crippen LogP contribution in [0.25, 0.3) is 0 Å². The number of aliphatic carboxylic acids is 1. The van der Waals surface area contributed by atoms with Gasteiger partial charge in [0, 0.05) is 5.92 Å². The second kappa shape index (κ2) is 5.19. The molecule has 0 spiro atoms. The number of carboxylic acid groups (broad SMARTS) is 1. The second-order valence-corrected chi connectivity index (χ2v) is 4.30. The molecule has 1 unspecified atom stereocenters. The van der Waals surface area contributed by atoms with Gasteiger partial charge in [-0.2, -0.15) is 0 Å². The number of hydrogen-bond donors (Lipinski definition) is 1. The molecule has 1 saturated heterocycles. The number of carboxylic acids is 1. The summed E-state index contributed by atoms with van der Waals surface area (Å²) in [7, 11) is 1.59. The Kier molecular flexibility index (Phi) is 3.64. The summed E-state index contributed by atoms with van der Waals surface area (Å²) in [5.41, 5.74) is 0.824. The summed E-state index contributed by atoms with van der Waals surface area (Å²) >= 11 is 0. The van der Waals surface area contributed by atoms with Crippen molar-refractivity contribution in [2.45, 2.75) is 12.3 Å². The van der Waals surface area contributed by atoms with Crippen LogP contribution in [0.15, 0.2) is 24.3 Å². The van der Waals surface area contributed by atoms with E-state index in [2.05, 4.69) is 0 Å². The molecular formula is C13H16O4. The first kappa shape index (κ1) is 11.9. The molecule has 1 fully saturated rings. The molecule has 4 nitrogen and oxygen atoms in total. The Morgan fingerprint density at radius 2 is 2.12 bits per heavy atom. The van der Waals surface area contributed by atoms with Crippen molar-refractivity contribution in [3.63, 3.8) is 0 Å². The highest BCUT2D eigenvalue weighted by molar-refractivity contribution is 5.76. The van der Waals surface area contributed by atoms with Crippen LogP contribution in [0.3, 0.4) is 0 Å². The fourth-order valence-corrected chi connectivity index (χ4v) is 1.97. The van der Waals surface area contributed by atoms with Crippen molar-refractivity contribution in [3.8, 4) is 5.75 Å². The van der Waals surface area contributed by atoms with Gasteiger partial charge in [-0.05, 0) is 24.1 Å². The highest BCUT2D eigenvalue weighted by Gasteiger charge is 2.28. The Balaban J connectivity index is 2.10. The molecule has 1 atom stereocenters. The second-order valence-electron chi connectivity index (χ2n) is 4.30. The van der Waals surface area contributed by atoms with Gasteiger partial charge in [0.15, 0.2) is 0 Å². The van der Waals surface area contributed by atoms with Crippen molar-refractivity contribution in [1.82, 2.24) is 0 Å².